The topological polar surface area (TPSA) is 49.7 Å². The Labute approximate surface area is 158 Å². The number of carbonyl (C=O) groups is 1. The Bertz CT molecular complexity index is 673. The molecule has 0 spiro atoms. The molecular formula is C19H22N2O2S2. The van der Waals surface area contributed by atoms with Gasteiger partial charge in [-0.05, 0) is 49.6 Å². The molecule has 1 amide bonds. The van der Waals surface area contributed by atoms with Crippen LogP contribution < -0.4 is 0 Å². The van der Waals surface area contributed by atoms with E-state index in [9.17, 15) is 9.70 Å². The summed E-state index contributed by atoms with van der Waals surface area (Å²) in [7, 11) is 0. The van der Waals surface area contributed by atoms with E-state index in [2.05, 4.69) is 18.3 Å². The molecule has 1 aliphatic heterocycles. The Balaban J connectivity index is 2.53. The number of hydrogen-bond acceptors (Lipinski definition) is 5. The number of hydrogen-bond donors (Lipinski definition) is 0. The fourth-order valence-corrected chi connectivity index (χ4v) is 3.24. The number of thiocarbonyl (C=S) groups is 1. The largest absolute Gasteiger partial charge is 0.293 e. The molecule has 0 saturated carbocycles. The highest BCUT2D eigenvalue weighted by molar-refractivity contribution is 8.26. The minimum absolute atomic E-state index is 0.0433. The number of nitrogens with zero attached hydrogens (tertiary/aromatic N) is 2. The minimum Gasteiger partial charge on any atom is -0.293 e. The van der Waals surface area contributed by atoms with Gasteiger partial charge in [-0.2, -0.15) is 0 Å². The molecule has 0 bridgehead atoms. The van der Waals surface area contributed by atoms with Crippen LogP contribution in [0.5, 0.6) is 0 Å². The monoisotopic (exact) mass is 374 g/mol. The van der Waals surface area contributed by atoms with Gasteiger partial charge in [-0.3, -0.25) is 9.69 Å². The molecule has 0 atom stereocenters. The van der Waals surface area contributed by atoms with Crippen molar-refractivity contribution in [2.45, 2.75) is 26.2 Å². The zero-order chi connectivity index (χ0) is 18.7. The maximum Gasteiger partial charge on any atom is 0.266 e. The van der Waals surface area contributed by atoms with E-state index < -0.39 is 0 Å². The highest BCUT2D eigenvalue weighted by atomic mass is 32.2. The van der Waals surface area contributed by atoms with Crippen molar-refractivity contribution in [3.8, 4) is 0 Å². The molecule has 132 valence electrons. The summed E-state index contributed by atoms with van der Waals surface area (Å²) in [5.74, 6) is -0.0433. The van der Waals surface area contributed by atoms with Gasteiger partial charge in [0.2, 0.25) is 0 Å². The van der Waals surface area contributed by atoms with Crippen LogP contribution in [0.15, 0.2) is 77.0 Å². The normalized spacial score (nSPS) is 17.2. The average molecular weight is 375 g/mol. The van der Waals surface area contributed by atoms with E-state index in [4.69, 9.17) is 12.2 Å². The highest BCUT2D eigenvalue weighted by Gasteiger charge is 2.30. The fourth-order valence-electron chi connectivity index (χ4n) is 1.98. The molecule has 25 heavy (non-hydrogen) atoms. The van der Waals surface area contributed by atoms with Crippen molar-refractivity contribution >= 4 is 34.2 Å². The quantitative estimate of drug-likeness (QED) is 0.168. The van der Waals surface area contributed by atoms with E-state index in [1.54, 1.807) is 17.1 Å². The molecule has 0 aromatic rings. The van der Waals surface area contributed by atoms with Gasteiger partial charge in [0, 0.05) is 6.54 Å². The average Bonchev–Trinajstić information content (AvgIpc) is 2.84. The van der Waals surface area contributed by atoms with Crippen LogP contribution in [0, 0.1) is 4.91 Å². The first-order valence-corrected chi connectivity index (χ1v) is 9.09. The molecule has 1 fully saturated rings. The molecule has 1 saturated heterocycles. The molecule has 1 heterocycles. The lowest BCUT2D eigenvalue weighted by atomic mass is 10.2. The number of nitroso groups, excluding NO2 is 1. The van der Waals surface area contributed by atoms with Crippen molar-refractivity contribution in [2.75, 3.05) is 6.54 Å². The Morgan fingerprint density at radius 3 is 2.80 bits per heavy atom. The molecule has 1 aliphatic rings. The Morgan fingerprint density at radius 1 is 1.40 bits per heavy atom. The molecule has 4 nitrogen and oxygen atoms in total. The summed E-state index contributed by atoms with van der Waals surface area (Å²) < 4.78 is 0.600. The summed E-state index contributed by atoms with van der Waals surface area (Å²) in [6.07, 6.45) is 14.3. The van der Waals surface area contributed by atoms with Gasteiger partial charge in [0.25, 0.3) is 5.91 Å². The fraction of sp³-hybridized carbons (Fsp3) is 0.263. The Morgan fingerprint density at radius 2 is 2.16 bits per heavy atom. The zero-order valence-electron chi connectivity index (χ0n) is 14.3. The van der Waals surface area contributed by atoms with Gasteiger partial charge < -0.3 is 0 Å². The third kappa shape index (κ3) is 7.58. The summed E-state index contributed by atoms with van der Waals surface area (Å²) in [5.41, 5.74) is 1.42. The number of amides is 1. The Kier molecular flexibility index (Phi) is 9.65. The summed E-state index contributed by atoms with van der Waals surface area (Å²) in [6.45, 7) is 9.98. The zero-order valence-corrected chi connectivity index (χ0v) is 15.9. The number of carbonyl (C=O) groups excluding carboxylic acids is 1. The van der Waals surface area contributed by atoms with Crippen molar-refractivity contribution in [3.05, 3.63) is 76.8 Å². The SMILES string of the molecule is C=C/C=C(\C=C/C/C=C/C=C1\SC(=S)N(CCCC(=C)C)C1=O)N=O. The van der Waals surface area contributed by atoms with Gasteiger partial charge >= 0.3 is 0 Å². The summed E-state index contributed by atoms with van der Waals surface area (Å²) in [4.78, 5) is 25.1. The molecule has 1 rings (SSSR count). The van der Waals surface area contributed by atoms with E-state index in [1.165, 1.54) is 23.9 Å². The molecule has 0 N–H and O–H groups in total. The lowest BCUT2D eigenvalue weighted by Gasteiger charge is -2.13. The molecule has 6 heteroatoms. The lowest BCUT2D eigenvalue weighted by Crippen LogP contribution is -2.29. The number of thioether (sulfide) groups is 1. The van der Waals surface area contributed by atoms with E-state index in [0.717, 1.165) is 18.4 Å². The number of rotatable bonds is 10. The van der Waals surface area contributed by atoms with Gasteiger partial charge in [0.1, 0.15) is 10.0 Å². The summed E-state index contributed by atoms with van der Waals surface area (Å²) in [6, 6.07) is 0. The maximum absolute atomic E-state index is 12.3. The van der Waals surface area contributed by atoms with Crippen molar-refractivity contribution in [1.82, 2.24) is 4.90 Å². The van der Waals surface area contributed by atoms with Crippen LogP contribution in [0.25, 0.3) is 0 Å². The van der Waals surface area contributed by atoms with Crippen LogP contribution >= 0.6 is 24.0 Å². The molecule has 0 radical (unpaired) electrons. The first-order valence-electron chi connectivity index (χ1n) is 7.87. The van der Waals surface area contributed by atoms with Crippen molar-refractivity contribution < 1.29 is 4.79 Å². The maximum atomic E-state index is 12.3. The third-order valence-corrected chi connectivity index (χ3v) is 4.59. The minimum atomic E-state index is -0.0433. The van der Waals surface area contributed by atoms with Gasteiger partial charge in [-0.15, -0.1) is 11.5 Å². The van der Waals surface area contributed by atoms with Gasteiger partial charge in [0.15, 0.2) is 0 Å². The first-order chi connectivity index (χ1) is 12.0. The smallest absolute Gasteiger partial charge is 0.266 e. The second-order valence-corrected chi connectivity index (χ2v) is 7.08. The molecule has 0 aromatic carbocycles. The van der Waals surface area contributed by atoms with E-state index in [-0.39, 0.29) is 5.91 Å². The van der Waals surface area contributed by atoms with E-state index in [0.29, 0.717) is 27.9 Å². The predicted molar refractivity (Wildman–Crippen MR) is 111 cm³/mol. The van der Waals surface area contributed by atoms with Crippen LogP contribution in [0.3, 0.4) is 0 Å². The van der Waals surface area contributed by atoms with Gasteiger partial charge in [0.05, 0.1) is 4.91 Å². The summed E-state index contributed by atoms with van der Waals surface area (Å²) >= 11 is 6.60. The second-order valence-electron chi connectivity index (χ2n) is 5.40. The molecule has 0 aliphatic carbocycles. The third-order valence-electron chi connectivity index (χ3n) is 3.20. The van der Waals surface area contributed by atoms with Crippen molar-refractivity contribution in [3.63, 3.8) is 0 Å². The predicted octanol–water partition coefficient (Wildman–Crippen LogP) is 5.43. The van der Waals surface area contributed by atoms with Gasteiger partial charge in [-0.25, -0.2) is 0 Å². The van der Waals surface area contributed by atoms with Crippen molar-refractivity contribution in [1.29, 1.82) is 0 Å². The van der Waals surface area contributed by atoms with Gasteiger partial charge in [-0.1, -0.05) is 60.4 Å². The number of allylic oxidation sites excluding steroid dienone is 8. The van der Waals surface area contributed by atoms with E-state index in [1.807, 2.05) is 25.2 Å². The van der Waals surface area contributed by atoms with Crippen LogP contribution in [-0.4, -0.2) is 21.7 Å². The molecular weight excluding hydrogens is 352 g/mol. The van der Waals surface area contributed by atoms with Crippen LogP contribution in [0.4, 0.5) is 0 Å². The Hall–Kier alpha value is -2.05. The standard InChI is InChI=1S/C19H22N2O2S2/c1-4-10-16(20-23)12-7-5-6-8-13-17-18(22)21(19(24)25-17)14-9-11-15(2)3/h4,6-8,10,12-13H,1-2,5,9,11,14H2,3H3/b8-6+,12-7-,16-10+,17-13-. The summed E-state index contributed by atoms with van der Waals surface area (Å²) in [5, 5.41) is 2.86. The highest BCUT2D eigenvalue weighted by Crippen LogP contribution is 2.31. The molecule has 0 aromatic heterocycles. The van der Waals surface area contributed by atoms with Crippen LogP contribution in [0.2, 0.25) is 0 Å². The van der Waals surface area contributed by atoms with E-state index >= 15 is 0 Å². The van der Waals surface area contributed by atoms with Crippen LogP contribution in [-0.2, 0) is 4.79 Å². The van der Waals surface area contributed by atoms with Crippen molar-refractivity contribution in [2.24, 2.45) is 5.18 Å². The van der Waals surface area contributed by atoms with Crippen LogP contribution in [0.1, 0.15) is 26.2 Å². The lowest BCUT2D eigenvalue weighted by molar-refractivity contribution is -0.122. The molecule has 0 unspecified atom stereocenters. The first kappa shape index (κ1) is 21.0. The second kappa shape index (κ2) is 11.5.